The van der Waals surface area contributed by atoms with E-state index in [2.05, 4.69) is 10.3 Å². The molecule has 1 fully saturated rings. The molecule has 0 unspecified atom stereocenters. The van der Waals surface area contributed by atoms with E-state index in [0.29, 0.717) is 45.3 Å². The van der Waals surface area contributed by atoms with E-state index in [1.165, 1.54) is 11.3 Å². The molecular weight excluding hydrogens is 503 g/mol. The van der Waals surface area contributed by atoms with Crippen molar-refractivity contribution >= 4 is 52.3 Å². The number of carbonyl (C=O) groups excluding carboxylic acids is 1. The number of ether oxygens (including phenoxy) is 2. The van der Waals surface area contributed by atoms with Crippen LogP contribution in [0.3, 0.4) is 0 Å². The number of hydrogen-bond acceptors (Lipinski definition) is 9. The number of halogens is 2. The number of esters is 1. The smallest absolute Gasteiger partial charge is 0.338 e. The van der Waals surface area contributed by atoms with Crippen LogP contribution >= 0.6 is 34.5 Å². The number of thiazole rings is 1. The van der Waals surface area contributed by atoms with Gasteiger partial charge in [-0.2, -0.15) is 0 Å². The van der Waals surface area contributed by atoms with Crippen molar-refractivity contribution in [3.05, 3.63) is 61.7 Å². The summed E-state index contributed by atoms with van der Waals surface area (Å²) in [7, 11) is 0. The summed E-state index contributed by atoms with van der Waals surface area (Å²) in [4.78, 5) is 35.9. The first-order valence-corrected chi connectivity index (χ1v) is 12.2. The monoisotopic (exact) mass is 524 g/mol. The van der Waals surface area contributed by atoms with E-state index >= 15 is 0 Å². The van der Waals surface area contributed by atoms with Crippen molar-refractivity contribution in [2.75, 3.05) is 32.9 Å². The number of benzene rings is 1. The summed E-state index contributed by atoms with van der Waals surface area (Å²) in [5.41, 5.74) is 1.30. The van der Waals surface area contributed by atoms with Crippen LogP contribution in [-0.2, 0) is 19.1 Å². The fraction of sp³-hybridized carbons (Fsp3) is 0.364. The minimum atomic E-state index is -1.00. The van der Waals surface area contributed by atoms with E-state index in [1.54, 1.807) is 36.2 Å². The van der Waals surface area contributed by atoms with Crippen LogP contribution in [0, 0.1) is 0 Å². The van der Waals surface area contributed by atoms with Crippen LogP contribution in [0.2, 0.25) is 10.0 Å². The van der Waals surface area contributed by atoms with Crippen LogP contribution in [0.5, 0.6) is 0 Å². The van der Waals surface area contributed by atoms with Crippen LogP contribution in [0.15, 0.2) is 46.0 Å². The lowest BCUT2D eigenvalue weighted by molar-refractivity contribution is -0.149. The maximum atomic E-state index is 13.2. The van der Waals surface area contributed by atoms with Gasteiger partial charge in [0.15, 0.2) is 10.8 Å². The lowest BCUT2D eigenvalue weighted by Crippen LogP contribution is -2.52. The second-order valence-corrected chi connectivity index (χ2v) is 9.26. The van der Waals surface area contributed by atoms with Gasteiger partial charge in [0.1, 0.15) is 12.1 Å². The van der Waals surface area contributed by atoms with Gasteiger partial charge in [-0.15, -0.1) is 11.3 Å². The summed E-state index contributed by atoms with van der Waals surface area (Å²) in [6.45, 7) is 2.83. The molecule has 0 saturated carbocycles. The van der Waals surface area contributed by atoms with Gasteiger partial charge < -0.3 is 19.9 Å². The number of carboxylic acids is 1. The first-order valence-electron chi connectivity index (χ1n) is 10.5. The number of nitrogens with one attached hydrogen (secondary N) is 1. The SMILES string of the molecule is CCOC(=O)C1=C(CN2CCOC[C@H]2C(=O)O)NC(c2nccs2)=N[C@@H]1c1ccc(Cl)cc1Cl. The molecule has 4 rings (SSSR count). The van der Waals surface area contributed by atoms with Crippen LogP contribution in [0.25, 0.3) is 0 Å². The van der Waals surface area contributed by atoms with Gasteiger partial charge in [0.25, 0.3) is 0 Å². The number of aliphatic imine (C=N–C) groups is 1. The van der Waals surface area contributed by atoms with Gasteiger partial charge in [0.05, 0.1) is 25.4 Å². The van der Waals surface area contributed by atoms with E-state index in [0.717, 1.165) is 0 Å². The van der Waals surface area contributed by atoms with Crippen LogP contribution in [-0.4, -0.2) is 71.7 Å². The van der Waals surface area contributed by atoms with Gasteiger partial charge in [-0.25, -0.2) is 9.78 Å². The Morgan fingerprint density at radius 3 is 2.88 bits per heavy atom. The molecule has 1 saturated heterocycles. The van der Waals surface area contributed by atoms with Crippen molar-refractivity contribution in [2.24, 2.45) is 4.99 Å². The Hall–Kier alpha value is -2.50. The maximum Gasteiger partial charge on any atom is 0.338 e. The molecule has 180 valence electrons. The molecule has 2 N–H and O–H groups in total. The number of carboxylic acid groups (broad SMARTS) is 1. The molecule has 0 bridgehead atoms. The van der Waals surface area contributed by atoms with E-state index in [4.69, 9.17) is 37.7 Å². The summed E-state index contributed by atoms with van der Waals surface area (Å²) in [5.74, 6) is -1.11. The highest BCUT2D eigenvalue weighted by Gasteiger charge is 2.37. The number of aromatic nitrogens is 1. The molecule has 12 heteroatoms. The minimum Gasteiger partial charge on any atom is -0.480 e. The predicted molar refractivity (Wildman–Crippen MR) is 128 cm³/mol. The molecule has 0 radical (unpaired) electrons. The Morgan fingerprint density at radius 1 is 1.38 bits per heavy atom. The molecule has 0 spiro atoms. The third kappa shape index (κ3) is 5.26. The highest BCUT2D eigenvalue weighted by molar-refractivity contribution is 7.11. The fourth-order valence-corrected chi connectivity index (χ4v) is 4.92. The largest absolute Gasteiger partial charge is 0.480 e. The van der Waals surface area contributed by atoms with E-state index in [9.17, 15) is 14.7 Å². The Bertz CT molecular complexity index is 1140. The molecule has 1 aromatic heterocycles. The van der Waals surface area contributed by atoms with Crippen LogP contribution < -0.4 is 5.32 Å². The molecule has 2 atom stereocenters. The van der Waals surface area contributed by atoms with Crippen LogP contribution in [0.4, 0.5) is 0 Å². The molecule has 9 nitrogen and oxygen atoms in total. The Labute approximate surface area is 210 Å². The number of aliphatic carboxylic acids is 1. The first-order chi connectivity index (χ1) is 16.4. The third-order valence-electron chi connectivity index (χ3n) is 5.40. The second kappa shape index (κ2) is 10.8. The van der Waals surface area contributed by atoms with Gasteiger partial charge in [0.2, 0.25) is 0 Å². The van der Waals surface area contributed by atoms with E-state index < -0.39 is 24.0 Å². The fourth-order valence-electron chi connectivity index (χ4n) is 3.82. The number of hydrogen-bond donors (Lipinski definition) is 2. The first kappa shape index (κ1) is 24.6. The second-order valence-electron chi connectivity index (χ2n) is 7.52. The minimum absolute atomic E-state index is 0.0528. The predicted octanol–water partition coefficient (Wildman–Crippen LogP) is 3.14. The molecule has 34 heavy (non-hydrogen) atoms. The molecule has 1 aromatic carbocycles. The number of rotatable bonds is 7. The zero-order chi connectivity index (χ0) is 24.2. The van der Waals surface area contributed by atoms with Gasteiger partial charge >= 0.3 is 11.9 Å². The van der Waals surface area contributed by atoms with E-state index in [-0.39, 0.29) is 25.3 Å². The van der Waals surface area contributed by atoms with Crippen molar-refractivity contribution in [1.82, 2.24) is 15.2 Å². The molecule has 0 aliphatic carbocycles. The lowest BCUT2D eigenvalue weighted by atomic mass is 9.95. The maximum absolute atomic E-state index is 13.2. The van der Waals surface area contributed by atoms with Crippen molar-refractivity contribution in [1.29, 1.82) is 0 Å². The van der Waals surface area contributed by atoms with Crippen molar-refractivity contribution in [3.8, 4) is 0 Å². The van der Waals surface area contributed by atoms with Crippen LogP contribution in [0.1, 0.15) is 23.5 Å². The normalized spacial score (nSPS) is 21.1. The molecule has 2 aromatic rings. The molecule has 3 heterocycles. The summed E-state index contributed by atoms with van der Waals surface area (Å²) >= 11 is 14.0. The molecule has 2 aliphatic rings. The number of morpholine rings is 1. The number of carbonyl (C=O) groups is 2. The summed E-state index contributed by atoms with van der Waals surface area (Å²) in [6, 6.07) is 3.32. The van der Waals surface area contributed by atoms with Gasteiger partial charge in [-0.05, 0) is 19.1 Å². The zero-order valence-electron chi connectivity index (χ0n) is 18.2. The number of amidine groups is 1. The molecule has 2 aliphatic heterocycles. The van der Waals surface area contributed by atoms with Crippen molar-refractivity contribution in [3.63, 3.8) is 0 Å². The highest BCUT2D eigenvalue weighted by Crippen LogP contribution is 2.37. The molecule has 0 amide bonds. The van der Waals surface area contributed by atoms with Gasteiger partial charge in [-0.1, -0.05) is 29.3 Å². The lowest BCUT2D eigenvalue weighted by Gasteiger charge is -2.35. The van der Waals surface area contributed by atoms with Crippen molar-refractivity contribution in [2.45, 2.75) is 19.0 Å². The standard InChI is InChI=1S/C22H22Cl2N4O5S/c1-2-33-22(31)17-15(10-28-6-7-32-11-16(28)21(29)30)26-19(20-25-5-8-34-20)27-18(17)13-4-3-12(23)9-14(13)24/h3-5,8-9,16,18H,2,6-7,10-11H2,1H3,(H,26,27)(H,29,30)/t16-,18+/m0/s1. The van der Waals surface area contributed by atoms with E-state index in [1.807, 2.05) is 5.38 Å². The highest BCUT2D eigenvalue weighted by atomic mass is 35.5. The zero-order valence-corrected chi connectivity index (χ0v) is 20.5. The summed E-state index contributed by atoms with van der Waals surface area (Å²) in [5, 5.41) is 16.1. The quantitative estimate of drug-likeness (QED) is 0.531. The number of nitrogens with zero attached hydrogens (tertiary/aromatic N) is 3. The Kier molecular flexibility index (Phi) is 7.84. The summed E-state index contributed by atoms with van der Waals surface area (Å²) < 4.78 is 10.7. The van der Waals surface area contributed by atoms with Gasteiger partial charge in [0, 0.05) is 46.0 Å². The molecular formula is C22H22Cl2N4O5S. The van der Waals surface area contributed by atoms with Gasteiger partial charge in [-0.3, -0.25) is 14.7 Å². The topological polar surface area (TPSA) is 113 Å². The average Bonchev–Trinajstić information content (AvgIpc) is 3.34. The third-order valence-corrected chi connectivity index (χ3v) is 6.74. The Balaban J connectivity index is 1.83. The Morgan fingerprint density at radius 2 is 2.21 bits per heavy atom. The summed E-state index contributed by atoms with van der Waals surface area (Å²) in [6.07, 6.45) is 1.65. The van der Waals surface area contributed by atoms with Crippen molar-refractivity contribution < 1.29 is 24.2 Å². The average molecular weight is 525 g/mol.